The molecule has 4 heteroatoms. The van der Waals surface area contributed by atoms with E-state index in [0.717, 1.165) is 18.6 Å². The number of nitrogens with zero attached hydrogens (tertiary/aromatic N) is 1. The van der Waals surface area contributed by atoms with Crippen molar-refractivity contribution < 1.29 is 14.7 Å². The summed E-state index contributed by atoms with van der Waals surface area (Å²) in [6.45, 7) is 0. The molecule has 1 fully saturated rings. The van der Waals surface area contributed by atoms with Crippen LogP contribution in [0, 0.1) is 5.92 Å². The summed E-state index contributed by atoms with van der Waals surface area (Å²) in [5.74, 6) is -0.385. The van der Waals surface area contributed by atoms with E-state index in [9.17, 15) is 4.79 Å². The van der Waals surface area contributed by atoms with Crippen molar-refractivity contribution in [2.45, 2.75) is 25.4 Å². The monoisotopic (exact) mass is 155 g/mol. The van der Waals surface area contributed by atoms with Gasteiger partial charge in [0.05, 0.1) is 5.71 Å². The van der Waals surface area contributed by atoms with Crippen LogP contribution >= 0.6 is 0 Å². The number of hydrogen-bond acceptors (Lipinski definition) is 3. The first-order chi connectivity index (χ1) is 5.27. The van der Waals surface area contributed by atoms with Gasteiger partial charge in [0.15, 0.2) is 0 Å². The van der Waals surface area contributed by atoms with Gasteiger partial charge in [-0.1, -0.05) is 5.16 Å². The maximum Gasteiger partial charge on any atom is 0.348 e. The lowest BCUT2D eigenvalue weighted by atomic mass is 10.1. The van der Waals surface area contributed by atoms with E-state index in [4.69, 9.17) is 9.94 Å². The molecule has 0 amide bonds. The molecule has 1 saturated carbocycles. The highest BCUT2D eigenvalue weighted by atomic mass is 16.7. The van der Waals surface area contributed by atoms with Gasteiger partial charge in [-0.15, -0.1) is 0 Å². The Bertz CT molecular complexity index is 220. The third-order valence-electron chi connectivity index (χ3n) is 2.02. The summed E-state index contributed by atoms with van der Waals surface area (Å²) in [6.07, 6.45) is 2.06. The molecule has 1 unspecified atom stereocenters. The number of aliphatic carboxylic acids is 1. The van der Waals surface area contributed by atoms with Gasteiger partial charge >= 0.3 is 5.97 Å². The number of carboxylic acids is 1. The molecular formula is C7H9NO3. The second kappa shape index (κ2) is 2.22. The fourth-order valence-electron chi connectivity index (χ4n) is 1.19. The van der Waals surface area contributed by atoms with Crippen molar-refractivity contribution in [3.05, 3.63) is 0 Å². The molecule has 60 valence electrons. The Hall–Kier alpha value is -1.06. The van der Waals surface area contributed by atoms with Crippen LogP contribution in [-0.2, 0) is 9.63 Å². The third-order valence-corrected chi connectivity index (χ3v) is 2.02. The molecule has 1 atom stereocenters. The molecular weight excluding hydrogens is 146 g/mol. The quantitative estimate of drug-likeness (QED) is 0.636. The summed E-state index contributed by atoms with van der Waals surface area (Å²) in [5, 5.41) is 12.3. The van der Waals surface area contributed by atoms with Crippen molar-refractivity contribution in [3.63, 3.8) is 0 Å². The van der Waals surface area contributed by atoms with E-state index in [2.05, 4.69) is 5.16 Å². The Morgan fingerprint density at radius 1 is 1.64 bits per heavy atom. The molecule has 1 aliphatic heterocycles. The molecule has 1 aliphatic carbocycles. The molecule has 4 nitrogen and oxygen atoms in total. The van der Waals surface area contributed by atoms with Crippen LogP contribution in [0.5, 0.6) is 0 Å². The summed E-state index contributed by atoms with van der Waals surface area (Å²) >= 11 is 0. The van der Waals surface area contributed by atoms with E-state index < -0.39 is 12.1 Å². The highest BCUT2D eigenvalue weighted by Gasteiger charge is 2.36. The van der Waals surface area contributed by atoms with Crippen molar-refractivity contribution in [2.75, 3.05) is 0 Å². The normalized spacial score (nSPS) is 29.5. The smallest absolute Gasteiger partial charge is 0.348 e. The largest absolute Gasteiger partial charge is 0.478 e. The molecule has 0 aromatic rings. The fraction of sp³-hybridized carbons (Fsp3) is 0.714. The molecule has 2 aliphatic rings. The summed E-state index contributed by atoms with van der Waals surface area (Å²) < 4.78 is 0. The first-order valence-corrected chi connectivity index (χ1v) is 3.73. The fourth-order valence-corrected chi connectivity index (χ4v) is 1.19. The van der Waals surface area contributed by atoms with Crippen LogP contribution in [-0.4, -0.2) is 22.9 Å². The standard InChI is InChI=1S/C7H9NO3/c9-7(10)6-3-5(8-11-6)4-1-2-4/h4,6H,1-3H2,(H,9,10). The van der Waals surface area contributed by atoms with Gasteiger partial charge in [-0.2, -0.15) is 0 Å². The van der Waals surface area contributed by atoms with E-state index in [1.807, 2.05) is 0 Å². The van der Waals surface area contributed by atoms with Crippen molar-refractivity contribution in [3.8, 4) is 0 Å². The first-order valence-electron chi connectivity index (χ1n) is 3.73. The van der Waals surface area contributed by atoms with Crippen molar-refractivity contribution in [1.82, 2.24) is 0 Å². The number of carboxylic acid groups (broad SMARTS) is 1. The van der Waals surface area contributed by atoms with Crippen molar-refractivity contribution >= 4 is 11.7 Å². The zero-order chi connectivity index (χ0) is 7.84. The van der Waals surface area contributed by atoms with Crippen LogP contribution in [0.3, 0.4) is 0 Å². The Labute approximate surface area is 63.8 Å². The molecule has 0 aromatic heterocycles. The average Bonchev–Trinajstić information content (AvgIpc) is 2.68. The van der Waals surface area contributed by atoms with E-state index in [-0.39, 0.29) is 0 Å². The molecule has 0 bridgehead atoms. The third kappa shape index (κ3) is 1.20. The van der Waals surface area contributed by atoms with Crippen molar-refractivity contribution in [1.29, 1.82) is 0 Å². The van der Waals surface area contributed by atoms with Crippen LogP contribution in [0.1, 0.15) is 19.3 Å². The molecule has 2 rings (SSSR count). The maximum absolute atomic E-state index is 10.4. The lowest BCUT2D eigenvalue weighted by molar-refractivity contribution is -0.148. The van der Waals surface area contributed by atoms with Crippen LogP contribution in [0.15, 0.2) is 5.16 Å². The molecule has 0 radical (unpaired) electrons. The Balaban J connectivity index is 1.94. The first kappa shape index (κ1) is 6.64. The lowest BCUT2D eigenvalue weighted by Gasteiger charge is -1.98. The molecule has 11 heavy (non-hydrogen) atoms. The molecule has 1 N–H and O–H groups in total. The minimum absolute atomic E-state index is 0.486. The Morgan fingerprint density at radius 3 is 2.82 bits per heavy atom. The van der Waals surface area contributed by atoms with E-state index in [0.29, 0.717) is 12.3 Å². The highest BCUT2D eigenvalue weighted by molar-refractivity contribution is 5.93. The van der Waals surface area contributed by atoms with Gasteiger partial charge in [-0.25, -0.2) is 4.79 Å². The summed E-state index contributed by atoms with van der Waals surface area (Å²) in [7, 11) is 0. The number of hydrogen-bond donors (Lipinski definition) is 1. The van der Waals surface area contributed by atoms with Gasteiger partial charge in [0.2, 0.25) is 6.10 Å². The molecule has 1 heterocycles. The number of rotatable bonds is 2. The second-order valence-corrected chi connectivity index (χ2v) is 2.99. The SMILES string of the molecule is O=C(O)C1CC(C2CC2)=NO1. The van der Waals surface area contributed by atoms with Gasteiger partial charge in [0.1, 0.15) is 0 Å². The highest BCUT2D eigenvalue weighted by Crippen LogP contribution is 2.34. The van der Waals surface area contributed by atoms with Gasteiger partial charge in [0, 0.05) is 12.3 Å². The molecule has 0 aromatic carbocycles. The summed E-state index contributed by atoms with van der Waals surface area (Å²) in [5.41, 5.74) is 0.942. The number of carbonyl (C=O) groups is 1. The summed E-state index contributed by atoms with van der Waals surface area (Å²) in [6, 6.07) is 0. The second-order valence-electron chi connectivity index (χ2n) is 2.99. The van der Waals surface area contributed by atoms with Crippen LogP contribution in [0.2, 0.25) is 0 Å². The van der Waals surface area contributed by atoms with Crippen LogP contribution in [0.25, 0.3) is 0 Å². The van der Waals surface area contributed by atoms with Gasteiger partial charge in [0.25, 0.3) is 0 Å². The average molecular weight is 155 g/mol. The molecule has 0 spiro atoms. The van der Waals surface area contributed by atoms with Crippen LogP contribution in [0.4, 0.5) is 0 Å². The zero-order valence-electron chi connectivity index (χ0n) is 5.99. The summed E-state index contributed by atoms with van der Waals surface area (Å²) in [4.78, 5) is 15.1. The van der Waals surface area contributed by atoms with Gasteiger partial charge < -0.3 is 9.94 Å². The maximum atomic E-state index is 10.4. The lowest BCUT2D eigenvalue weighted by Crippen LogP contribution is -2.19. The Morgan fingerprint density at radius 2 is 2.36 bits per heavy atom. The van der Waals surface area contributed by atoms with E-state index in [1.165, 1.54) is 0 Å². The number of oxime groups is 1. The van der Waals surface area contributed by atoms with Gasteiger partial charge in [-0.3, -0.25) is 0 Å². The zero-order valence-corrected chi connectivity index (χ0v) is 5.99. The van der Waals surface area contributed by atoms with E-state index in [1.54, 1.807) is 0 Å². The predicted octanol–water partition coefficient (Wildman–Crippen LogP) is 0.626. The Kier molecular flexibility index (Phi) is 1.34. The minimum Gasteiger partial charge on any atom is -0.478 e. The van der Waals surface area contributed by atoms with Gasteiger partial charge in [-0.05, 0) is 12.8 Å². The molecule has 0 saturated heterocycles. The topological polar surface area (TPSA) is 58.9 Å². The predicted molar refractivity (Wildman–Crippen MR) is 37.3 cm³/mol. The van der Waals surface area contributed by atoms with Crippen molar-refractivity contribution in [2.24, 2.45) is 11.1 Å². The van der Waals surface area contributed by atoms with E-state index >= 15 is 0 Å². The van der Waals surface area contributed by atoms with Crippen LogP contribution < -0.4 is 0 Å². The minimum atomic E-state index is -0.913.